The number of hydrogen-bond donors (Lipinski definition) is 1. The van der Waals surface area contributed by atoms with Gasteiger partial charge in [-0.3, -0.25) is 0 Å². The number of nitrogens with zero attached hydrogens (tertiary/aromatic N) is 3. The van der Waals surface area contributed by atoms with Gasteiger partial charge < -0.3 is 5.73 Å². The number of thiazole rings is 1. The van der Waals surface area contributed by atoms with Gasteiger partial charge in [0, 0.05) is 11.6 Å². The molecule has 5 heteroatoms. The smallest absolute Gasteiger partial charge is 0.144 e. The van der Waals surface area contributed by atoms with Crippen molar-refractivity contribution >= 4 is 17.2 Å². The second-order valence-electron chi connectivity index (χ2n) is 2.17. The Balaban J connectivity index is 2.45. The zero-order valence-corrected chi connectivity index (χ0v) is 6.95. The zero-order chi connectivity index (χ0) is 8.39. The zero-order valence-electron chi connectivity index (χ0n) is 6.14. The van der Waals surface area contributed by atoms with E-state index in [4.69, 9.17) is 5.73 Å². The van der Waals surface area contributed by atoms with Crippen LogP contribution in [-0.2, 0) is 0 Å². The summed E-state index contributed by atoms with van der Waals surface area (Å²) in [6.07, 6.45) is 3.17. The van der Waals surface area contributed by atoms with Crippen LogP contribution in [0.15, 0.2) is 24.0 Å². The molecule has 0 saturated carbocycles. The van der Waals surface area contributed by atoms with Crippen molar-refractivity contribution in [1.29, 1.82) is 0 Å². The molecule has 2 N–H and O–H groups in total. The maximum Gasteiger partial charge on any atom is 0.144 e. The summed E-state index contributed by atoms with van der Waals surface area (Å²) < 4.78 is 0. The Morgan fingerprint density at radius 3 is 2.92 bits per heavy atom. The Morgan fingerprint density at radius 1 is 1.42 bits per heavy atom. The number of hydrogen-bond acceptors (Lipinski definition) is 5. The molecule has 12 heavy (non-hydrogen) atoms. The molecule has 0 fully saturated rings. The second-order valence-corrected chi connectivity index (χ2v) is 3.03. The minimum atomic E-state index is 0.536. The summed E-state index contributed by atoms with van der Waals surface area (Å²) in [5.41, 5.74) is 6.28. The van der Waals surface area contributed by atoms with Crippen molar-refractivity contribution in [3.63, 3.8) is 0 Å². The lowest BCUT2D eigenvalue weighted by atomic mass is 10.4. The molecule has 0 aliphatic carbocycles. The predicted octanol–water partition coefficient (Wildman–Crippen LogP) is 1.18. The largest absolute Gasteiger partial charge is 0.383 e. The van der Waals surface area contributed by atoms with E-state index >= 15 is 0 Å². The molecule has 60 valence electrons. The van der Waals surface area contributed by atoms with E-state index < -0.39 is 0 Å². The third-order valence-electron chi connectivity index (χ3n) is 1.32. The van der Waals surface area contributed by atoms with Crippen LogP contribution in [0.4, 0.5) is 5.82 Å². The highest BCUT2D eigenvalue weighted by Crippen LogP contribution is 2.21. The van der Waals surface area contributed by atoms with E-state index in [0.717, 1.165) is 10.7 Å². The number of anilines is 1. The molecule has 2 aromatic heterocycles. The van der Waals surface area contributed by atoms with E-state index in [2.05, 4.69) is 15.0 Å². The molecule has 0 aliphatic rings. The van der Waals surface area contributed by atoms with Crippen LogP contribution in [0.3, 0.4) is 0 Å². The first-order valence-electron chi connectivity index (χ1n) is 3.33. The van der Waals surface area contributed by atoms with Gasteiger partial charge >= 0.3 is 0 Å². The second kappa shape index (κ2) is 2.86. The van der Waals surface area contributed by atoms with Crippen LogP contribution in [0.25, 0.3) is 10.7 Å². The molecule has 0 radical (unpaired) electrons. The van der Waals surface area contributed by atoms with Crippen molar-refractivity contribution in [1.82, 2.24) is 15.0 Å². The molecule has 0 aromatic carbocycles. The van der Waals surface area contributed by atoms with E-state index in [1.54, 1.807) is 17.6 Å². The fourth-order valence-electron chi connectivity index (χ4n) is 0.821. The number of nitrogen functional groups attached to an aromatic ring is 1. The Hall–Kier alpha value is -1.49. The molecular formula is C7H6N4S. The van der Waals surface area contributed by atoms with Gasteiger partial charge in [0.1, 0.15) is 22.8 Å². The van der Waals surface area contributed by atoms with E-state index in [-0.39, 0.29) is 0 Å². The molecule has 0 saturated heterocycles. The van der Waals surface area contributed by atoms with Gasteiger partial charge in [-0.25, -0.2) is 15.0 Å². The van der Waals surface area contributed by atoms with Crippen LogP contribution < -0.4 is 5.73 Å². The normalized spacial score (nSPS) is 10.0. The van der Waals surface area contributed by atoms with Crippen LogP contribution >= 0.6 is 11.3 Å². The minimum Gasteiger partial charge on any atom is -0.383 e. The van der Waals surface area contributed by atoms with E-state index in [1.807, 2.05) is 0 Å². The summed E-state index contributed by atoms with van der Waals surface area (Å²) in [4.78, 5) is 11.9. The number of nitrogens with two attached hydrogens (primary N) is 1. The van der Waals surface area contributed by atoms with Crippen molar-refractivity contribution in [2.75, 3.05) is 5.73 Å². The minimum absolute atomic E-state index is 0.536. The van der Waals surface area contributed by atoms with Crippen molar-refractivity contribution in [2.24, 2.45) is 0 Å². The van der Waals surface area contributed by atoms with Gasteiger partial charge in [0.15, 0.2) is 0 Å². The van der Waals surface area contributed by atoms with Gasteiger partial charge in [-0.15, -0.1) is 11.3 Å². The lowest BCUT2D eigenvalue weighted by Gasteiger charge is -1.90. The fourth-order valence-corrected chi connectivity index (χ4v) is 1.51. The summed E-state index contributed by atoms with van der Waals surface area (Å²) in [7, 11) is 0. The highest BCUT2D eigenvalue weighted by molar-refractivity contribution is 7.13. The van der Waals surface area contributed by atoms with Gasteiger partial charge in [0.05, 0.1) is 0 Å². The molecule has 0 bridgehead atoms. The van der Waals surface area contributed by atoms with Crippen LogP contribution in [0, 0.1) is 0 Å². The first-order valence-corrected chi connectivity index (χ1v) is 4.21. The lowest BCUT2D eigenvalue weighted by molar-refractivity contribution is 1.17. The average Bonchev–Trinajstić information content (AvgIpc) is 2.54. The quantitative estimate of drug-likeness (QED) is 0.712. The fraction of sp³-hybridized carbons (Fsp3) is 0. The van der Waals surface area contributed by atoms with Gasteiger partial charge in [-0.1, -0.05) is 0 Å². The molecule has 2 rings (SSSR count). The molecule has 0 aliphatic heterocycles. The predicted molar refractivity (Wildman–Crippen MR) is 47.6 cm³/mol. The Kier molecular flexibility index (Phi) is 1.71. The van der Waals surface area contributed by atoms with Crippen LogP contribution in [0.5, 0.6) is 0 Å². The van der Waals surface area contributed by atoms with Crippen molar-refractivity contribution in [3.8, 4) is 10.7 Å². The van der Waals surface area contributed by atoms with E-state index in [0.29, 0.717) is 5.82 Å². The first kappa shape index (κ1) is 7.17. The number of aromatic nitrogens is 3. The summed E-state index contributed by atoms with van der Waals surface area (Å²) in [5, 5.41) is 2.62. The van der Waals surface area contributed by atoms with Crippen LogP contribution in [-0.4, -0.2) is 15.0 Å². The third-order valence-corrected chi connectivity index (χ3v) is 2.21. The average molecular weight is 178 g/mol. The summed E-state index contributed by atoms with van der Waals surface area (Å²) >= 11 is 1.48. The molecule has 0 spiro atoms. The van der Waals surface area contributed by atoms with Gasteiger partial charge in [0.2, 0.25) is 0 Å². The van der Waals surface area contributed by atoms with Gasteiger partial charge in [-0.2, -0.15) is 0 Å². The van der Waals surface area contributed by atoms with Crippen LogP contribution in [0.1, 0.15) is 0 Å². The highest BCUT2D eigenvalue weighted by atomic mass is 32.1. The van der Waals surface area contributed by atoms with Crippen molar-refractivity contribution in [2.45, 2.75) is 0 Å². The lowest BCUT2D eigenvalue weighted by Crippen LogP contribution is -1.85. The topological polar surface area (TPSA) is 64.7 Å². The molecule has 0 atom stereocenters. The van der Waals surface area contributed by atoms with Crippen molar-refractivity contribution < 1.29 is 0 Å². The number of rotatable bonds is 1. The van der Waals surface area contributed by atoms with Crippen LogP contribution in [0.2, 0.25) is 0 Å². The Morgan fingerprint density at radius 2 is 2.33 bits per heavy atom. The monoisotopic (exact) mass is 178 g/mol. The Bertz CT molecular complexity index is 370. The first-order chi connectivity index (χ1) is 5.86. The van der Waals surface area contributed by atoms with E-state index in [1.165, 1.54) is 17.7 Å². The SMILES string of the molecule is Nc1csc(-c2ccncn2)n1. The summed E-state index contributed by atoms with van der Waals surface area (Å²) in [5.74, 6) is 0.536. The van der Waals surface area contributed by atoms with E-state index in [9.17, 15) is 0 Å². The molecule has 0 unspecified atom stereocenters. The summed E-state index contributed by atoms with van der Waals surface area (Å²) in [6, 6.07) is 1.80. The molecular weight excluding hydrogens is 172 g/mol. The third kappa shape index (κ3) is 1.26. The van der Waals surface area contributed by atoms with Crippen molar-refractivity contribution in [3.05, 3.63) is 24.0 Å². The van der Waals surface area contributed by atoms with Gasteiger partial charge in [-0.05, 0) is 6.07 Å². The maximum absolute atomic E-state index is 5.47. The van der Waals surface area contributed by atoms with Gasteiger partial charge in [0.25, 0.3) is 0 Å². The molecule has 4 nitrogen and oxygen atoms in total. The highest BCUT2D eigenvalue weighted by Gasteiger charge is 2.01. The summed E-state index contributed by atoms with van der Waals surface area (Å²) in [6.45, 7) is 0. The molecule has 2 aromatic rings. The molecule has 0 amide bonds. The maximum atomic E-state index is 5.47. The Labute approximate surface area is 73.1 Å². The molecule has 2 heterocycles. The standard InChI is InChI=1S/C7H6N4S/c8-6-3-12-7(11-6)5-1-2-9-4-10-5/h1-4H,8H2.